The second kappa shape index (κ2) is 8.09. The van der Waals surface area contributed by atoms with Crippen molar-refractivity contribution >= 4 is 29.7 Å². The minimum absolute atomic E-state index is 0.0791. The summed E-state index contributed by atoms with van der Waals surface area (Å²) in [5.74, 6) is 0.245. The molecule has 2 saturated heterocycles. The van der Waals surface area contributed by atoms with Crippen LogP contribution in [0.15, 0.2) is 0 Å². The molecule has 0 unspecified atom stereocenters. The highest BCUT2D eigenvalue weighted by atomic mass is 32.2. The molecule has 2 heterocycles. The van der Waals surface area contributed by atoms with Crippen molar-refractivity contribution in [3.8, 4) is 0 Å². The van der Waals surface area contributed by atoms with Crippen molar-refractivity contribution in [2.45, 2.75) is 70.2 Å². The fourth-order valence-corrected chi connectivity index (χ4v) is 4.25. The Labute approximate surface area is 147 Å². The van der Waals surface area contributed by atoms with Crippen molar-refractivity contribution in [3.05, 3.63) is 0 Å². The lowest BCUT2D eigenvalue weighted by Gasteiger charge is -2.20. The predicted molar refractivity (Wildman–Crippen MR) is 92.3 cm³/mol. The van der Waals surface area contributed by atoms with Crippen LogP contribution >= 0.6 is 11.8 Å². The number of hydroxylamine groups is 1. The molecule has 0 aromatic carbocycles. The van der Waals surface area contributed by atoms with Crippen molar-refractivity contribution in [3.63, 3.8) is 0 Å². The summed E-state index contributed by atoms with van der Waals surface area (Å²) in [4.78, 5) is 39.6. The molecule has 2 rings (SSSR count). The van der Waals surface area contributed by atoms with E-state index in [2.05, 4.69) is 16.1 Å². The van der Waals surface area contributed by atoms with Gasteiger partial charge in [-0.2, -0.15) is 17.2 Å². The van der Waals surface area contributed by atoms with Crippen LogP contribution in [0.5, 0.6) is 0 Å². The van der Waals surface area contributed by atoms with Gasteiger partial charge in [-0.1, -0.05) is 27.2 Å². The first kappa shape index (κ1) is 18.9. The van der Waals surface area contributed by atoms with Crippen LogP contribution < -0.4 is 16.1 Å². The number of urea groups is 1. The summed E-state index contributed by atoms with van der Waals surface area (Å²) >= 11 is 1.86. The lowest BCUT2D eigenvalue weighted by molar-refractivity contribution is -0.161. The molecule has 0 saturated carbocycles. The first-order valence-corrected chi connectivity index (χ1v) is 9.57. The Balaban J connectivity index is 1.58. The molecular formula is C16H27N3O4S. The van der Waals surface area contributed by atoms with Gasteiger partial charge in [0, 0.05) is 22.8 Å². The van der Waals surface area contributed by atoms with Crippen molar-refractivity contribution in [1.29, 1.82) is 0 Å². The van der Waals surface area contributed by atoms with Gasteiger partial charge in [-0.3, -0.25) is 4.79 Å². The third-order valence-electron chi connectivity index (χ3n) is 4.81. The van der Waals surface area contributed by atoms with Gasteiger partial charge in [0.05, 0.1) is 12.1 Å². The van der Waals surface area contributed by atoms with E-state index in [-0.39, 0.29) is 30.4 Å². The fourth-order valence-electron chi connectivity index (χ4n) is 2.71. The van der Waals surface area contributed by atoms with Crippen LogP contribution in [0.3, 0.4) is 0 Å². The Morgan fingerprint density at radius 2 is 2.08 bits per heavy atom. The third kappa shape index (κ3) is 4.78. The molecule has 3 N–H and O–H groups in total. The average Bonchev–Trinajstić information content (AvgIpc) is 3.08. The lowest BCUT2D eigenvalue weighted by Crippen LogP contribution is -2.37. The Hall–Kier alpha value is -1.44. The largest absolute Gasteiger partial charge is 0.341 e. The zero-order valence-corrected chi connectivity index (χ0v) is 15.3. The van der Waals surface area contributed by atoms with Crippen LogP contribution in [0.1, 0.15) is 52.9 Å². The molecule has 0 radical (unpaired) electrons. The van der Waals surface area contributed by atoms with Gasteiger partial charge in [-0.15, -0.1) is 0 Å². The fraction of sp³-hybridized carbons (Fsp3) is 0.812. The summed E-state index contributed by atoms with van der Waals surface area (Å²) in [5.41, 5.74) is 1.70. The number of unbranched alkanes of at least 4 members (excludes halogenated alkanes) is 1. The van der Waals surface area contributed by atoms with E-state index in [0.29, 0.717) is 18.1 Å². The Kier molecular flexibility index (Phi) is 6.37. The molecule has 0 aliphatic carbocycles. The Morgan fingerprint density at radius 3 is 2.79 bits per heavy atom. The van der Waals surface area contributed by atoms with E-state index in [1.54, 1.807) is 13.8 Å². The van der Waals surface area contributed by atoms with Crippen LogP contribution in [0, 0.1) is 5.41 Å². The number of fused-ring (bicyclic) bond motifs is 1. The Morgan fingerprint density at radius 1 is 1.33 bits per heavy atom. The molecular weight excluding hydrogens is 330 g/mol. The standard InChI is InChI=1S/C16H27N3O4S/c1-4-16(2,3)14(21)19-23-12(20)8-6-5-7-11-13-10(9-24-11)17-15(22)18-13/h10-11,13H,4-9H2,1-3H3,(H,19,21)(H2,17,18,22)/t10-,11-,13-/m0/s1. The molecule has 3 atom stereocenters. The van der Waals surface area contributed by atoms with Gasteiger partial charge in [0.25, 0.3) is 5.91 Å². The lowest BCUT2D eigenvalue weighted by atomic mass is 9.90. The van der Waals surface area contributed by atoms with Gasteiger partial charge in [0.15, 0.2) is 0 Å². The normalized spacial score (nSPS) is 25.6. The SMILES string of the molecule is CCC(C)(C)C(=O)NOC(=O)CCCC[C@@H]1SC[C@@H]2NC(=O)N[C@@H]21. The van der Waals surface area contributed by atoms with Crippen molar-refractivity contribution in [2.24, 2.45) is 5.41 Å². The summed E-state index contributed by atoms with van der Waals surface area (Å²) in [6.45, 7) is 5.52. The predicted octanol–water partition coefficient (Wildman–Crippen LogP) is 1.72. The highest BCUT2D eigenvalue weighted by Gasteiger charge is 2.42. The summed E-state index contributed by atoms with van der Waals surface area (Å²) in [5, 5.41) is 6.27. The minimum atomic E-state index is -0.545. The minimum Gasteiger partial charge on any atom is -0.341 e. The number of amides is 3. The Bertz CT molecular complexity index is 498. The van der Waals surface area contributed by atoms with E-state index in [1.165, 1.54) is 0 Å². The van der Waals surface area contributed by atoms with E-state index in [4.69, 9.17) is 4.84 Å². The summed E-state index contributed by atoms with van der Waals surface area (Å²) in [6, 6.07) is 0.351. The van der Waals surface area contributed by atoms with E-state index < -0.39 is 11.4 Å². The third-order valence-corrected chi connectivity index (χ3v) is 6.32. The smallest absolute Gasteiger partial charge is 0.332 e. The highest BCUT2D eigenvalue weighted by Crippen LogP contribution is 2.33. The van der Waals surface area contributed by atoms with Gasteiger partial charge in [0.2, 0.25) is 0 Å². The van der Waals surface area contributed by atoms with Crippen LogP contribution in [0.4, 0.5) is 4.79 Å². The van der Waals surface area contributed by atoms with Gasteiger partial charge >= 0.3 is 12.0 Å². The topological polar surface area (TPSA) is 96.5 Å². The van der Waals surface area contributed by atoms with E-state index in [1.807, 2.05) is 18.7 Å². The van der Waals surface area contributed by atoms with Crippen molar-refractivity contribution in [1.82, 2.24) is 16.1 Å². The molecule has 0 spiro atoms. The van der Waals surface area contributed by atoms with Gasteiger partial charge in [-0.05, 0) is 19.3 Å². The molecule has 3 amide bonds. The maximum absolute atomic E-state index is 11.8. The number of hydrogen-bond donors (Lipinski definition) is 3. The summed E-state index contributed by atoms with van der Waals surface area (Å²) in [7, 11) is 0. The van der Waals surface area contributed by atoms with Gasteiger partial charge in [0.1, 0.15) is 0 Å². The van der Waals surface area contributed by atoms with Crippen LogP contribution in [0.25, 0.3) is 0 Å². The number of thioether (sulfide) groups is 1. The van der Waals surface area contributed by atoms with E-state index in [0.717, 1.165) is 18.6 Å². The van der Waals surface area contributed by atoms with Crippen molar-refractivity contribution in [2.75, 3.05) is 5.75 Å². The molecule has 0 aromatic rings. The maximum Gasteiger partial charge on any atom is 0.332 e. The number of nitrogens with one attached hydrogen (secondary N) is 3. The molecule has 2 aliphatic rings. The van der Waals surface area contributed by atoms with Crippen molar-refractivity contribution < 1.29 is 19.2 Å². The summed E-state index contributed by atoms with van der Waals surface area (Å²) in [6.07, 6.45) is 3.50. The maximum atomic E-state index is 11.8. The molecule has 136 valence electrons. The average molecular weight is 357 g/mol. The van der Waals surface area contributed by atoms with E-state index >= 15 is 0 Å². The number of hydrogen-bond acceptors (Lipinski definition) is 5. The summed E-state index contributed by atoms with van der Waals surface area (Å²) < 4.78 is 0. The molecule has 0 aromatic heterocycles. The monoisotopic (exact) mass is 357 g/mol. The van der Waals surface area contributed by atoms with Crippen LogP contribution in [-0.4, -0.2) is 41.0 Å². The van der Waals surface area contributed by atoms with E-state index in [9.17, 15) is 14.4 Å². The molecule has 8 heteroatoms. The van der Waals surface area contributed by atoms with Crippen LogP contribution in [0.2, 0.25) is 0 Å². The zero-order valence-electron chi connectivity index (χ0n) is 14.5. The quantitative estimate of drug-likeness (QED) is 0.366. The van der Waals surface area contributed by atoms with Gasteiger partial charge < -0.3 is 15.5 Å². The number of carbonyl (C=O) groups excluding carboxylic acids is 3. The molecule has 0 bridgehead atoms. The van der Waals surface area contributed by atoms with Gasteiger partial charge in [-0.25, -0.2) is 9.59 Å². The molecule has 24 heavy (non-hydrogen) atoms. The number of carbonyl (C=O) groups is 3. The second-order valence-electron chi connectivity index (χ2n) is 7.01. The highest BCUT2D eigenvalue weighted by molar-refractivity contribution is 8.00. The number of rotatable bonds is 7. The first-order chi connectivity index (χ1) is 11.3. The first-order valence-electron chi connectivity index (χ1n) is 8.52. The van der Waals surface area contributed by atoms with Crippen LogP contribution in [-0.2, 0) is 14.4 Å². The molecule has 7 nitrogen and oxygen atoms in total. The zero-order chi connectivity index (χ0) is 17.7. The second-order valence-corrected chi connectivity index (χ2v) is 8.28. The molecule has 2 aliphatic heterocycles. The molecule has 2 fully saturated rings.